The zero-order valence-electron chi connectivity index (χ0n) is 18.5. The van der Waals surface area contributed by atoms with E-state index >= 15 is 0 Å². The number of benzene rings is 6. The smallest absolute Gasteiger partial charge is 0.109 e. The van der Waals surface area contributed by atoms with Crippen LogP contribution in [0.5, 0.6) is 0 Å². The average Bonchev–Trinajstić information content (AvgIpc) is 2.80. The number of anilines is 11. The molecule has 6 rings (SSSR count). The molecule has 0 saturated heterocycles. The minimum Gasteiger partial charge on any atom is -0.398 e. The van der Waals surface area contributed by atoms with Crippen LogP contribution in [0.2, 0.25) is 0 Å². The predicted molar refractivity (Wildman–Crippen MR) is 154 cm³/mol. The van der Waals surface area contributed by atoms with Gasteiger partial charge in [-0.05, 0) is 6.72 Å². The molecule has 0 radical (unpaired) electrons. The van der Waals surface area contributed by atoms with Gasteiger partial charge in [-0.1, -0.05) is 0 Å². The number of nitrogen functional groups attached to an aromatic ring is 11. The van der Waals surface area contributed by atoms with Crippen molar-refractivity contribution in [3.8, 4) is 0 Å². The van der Waals surface area contributed by atoms with Crippen molar-refractivity contribution in [2.24, 2.45) is 4.99 Å². The molecule has 0 fully saturated rings. The van der Waals surface area contributed by atoms with Gasteiger partial charge in [-0.15, -0.1) is 0 Å². The molecule has 35 heavy (non-hydrogen) atoms. The van der Waals surface area contributed by atoms with E-state index in [2.05, 4.69) is 11.7 Å². The van der Waals surface area contributed by atoms with Crippen molar-refractivity contribution >= 4 is 129 Å². The summed E-state index contributed by atoms with van der Waals surface area (Å²) in [6.45, 7) is 3.60. The SMILES string of the molecule is C=Nc1c(N)c2c(N)c(N)c3c(N)c4c(N)c(N)c(N)c5c(N)c(N)c6c(N)c(c1N)c2c3c6c54. The summed E-state index contributed by atoms with van der Waals surface area (Å²) >= 11 is 0. The molecule has 12 nitrogen and oxygen atoms in total. The van der Waals surface area contributed by atoms with Crippen molar-refractivity contribution in [1.29, 1.82) is 0 Å². The van der Waals surface area contributed by atoms with Crippen LogP contribution in [0.1, 0.15) is 0 Å². The van der Waals surface area contributed by atoms with E-state index in [-0.39, 0.29) is 68.2 Å². The summed E-state index contributed by atoms with van der Waals surface area (Å²) in [6.07, 6.45) is 0. The number of nitrogens with two attached hydrogens (primary N) is 11. The Kier molecular flexibility index (Phi) is 3.32. The van der Waals surface area contributed by atoms with E-state index in [9.17, 15) is 0 Å². The summed E-state index contributed by atoms with van der Waals surface area (Å²) < 4.78 is 0. The second-order valence-corrected chi connectivity index (χ2v) is 8.81. The Morgan fingerprint density at radius 2 is 0.514 bits per heavy atom. The fourth-order valence-electron chi connectivity index (χ4n) is 5.74. The van der Waals surface area contributed by atoms with Gasteiger partial charge >= 0.3 is 0 Å². The quantitative estimate of drug-likeness (QED) is 0.0717. The van der Waals surface area contributed by atoms with Gasteiger partial charge < -0.3 is 63.1 Å². The lowest BCUT2D eigenvalue weighted by Gasteiger charge is -2.27. The molecule has 22 N–H and O–H groups in total. The van der Waals surface area contributed by atoms with Crippen LogP contribution in [0.4, 0.5) is 68.2 Å². The lowest BCUT2D eigenvalue weighted by atomic mass is 9.81. The van der Waals surface area contributed by atoms with E-state index in [0.29, 0.717) is 53.9 Å². The van der Waals surface area contributed by atoms with Crippen LogP contribution in [0.25, 0.3) is 53.9 Å². The molecule has 0 aliphatic carbocycles. The van der Waals surface area contributed by atoms with Crippen LogP contribution in [0.3, 0.4) is 0 Å². The summed E-state index contributed by atoms with van der Waals surface area (Å²) in [5, 5.41) is 4.91. The van der Waals surface area contributed by atoms with Crippen LogP contribution in [0, 0.1) is 0 Å². The zero-order chi connectivity index (χ0) is 25.4. The Balaban J connectivity index is 2.22. The van der Waals surface area contributed by atoms with E-state index < -0.39 is 0 Å². The number of rotatable bonds is 1. The van der Waals surface area contributed by atoms with Crippen LogP contribution >= 0.6 is 0 Å². The maximum atomic E-state index is 6.75. The largest absolute Gasteiger partial charge is 0.398 e. The Hall–Kier alpha value is -5.39. The lowest BCUT2D eigenvalue weighted by molar-refractivity contribution is 1.58. The van der Waals surface area contributed by atoms with Crippen molar-refractivity contribution in [1.82, 2.24) is 0 Å². The minimum absolute atomic E-state index is 0.126. The first kappa shape index (κ1) is 20.2. The molecule has 0 heterocycles. The van der Waals surface area contributed by atoms with E-state index in [1.54, 1.807) is 0 Å². The topological polar surface area (TPSA) is 299 Å². The van der Waals surface area contributed by atoms with Gasteiger partial charge in [0.2, 0.25) is 0 Å². The van der Waals surface area contributed by atoms with Gasteiger partial charge in [0.05, 0.1) is 62.6 Å². The average molecular weight is 469 g/mol. The van der Waals surface area contributed by atoms with Crippen molar-refractivity contribution < 1.29 is 0 Å². The Morgan fingerprint density at radius 1 is 0.286 bits per heavy atom. The number of aliphatic imine (C=N–C) groups is 1. The third-order valence-electron chi connectivity index (χ3n) is 7.31. The minimum atomic E-state index is 0.126. The molecule has 0 bridgehead atoms. The molecule has 0 aliphatic rings. The number of hydrogen-bond donors (Lipinski definition) is 11. The normalized spacial score (nSPS) is 12.2. The van der Waals surface area contributed by atoms with Crippen molar-refractivity contribution in [3.63, 3.8) is 0 Å². The summed E-state index contributed by atoms with van der Waals surface area (Å²) in [6, 6.07) is 0. The Morgan fingerprint density at radius 3 is 0.857 bits per heavy atom. The lowest BCUT2D eigenvalue weighted by Crippen LogP contribution is -2.11. The van der Waals surface area contributed by atoms with Crippen LogP contribution in [-0.4, -0.2) is 6.72 Å². The van der Waals surface area contributed by atoms with Gasteiger partial charge in [0, 0.05) is 53.9 Å². The third-order valence-corrected chi connectivity index (χ3v) is 7.31. The molecule has 0 atom stereocenters. The van der Waals surface area contributed by atoms with Gasteiger partial charge in [0.1, 0.15) is 5.69 Å². The second-order valence-electron chi connectivity index (χ2n) is 8.81. The van der Waals surface area contributed by atoms with E-state index in [1.165, 1.54) is 0 Å². The number of hydrogen-bond acceptors (Lipinski definition) is 12. The predicted octanol–water partition coefficient (Wildman–Crippen LogP) is 2.06. The molecular weight excluding hydrogens is 444 g/mol. The van der Waals surface area contributed by atoms with Gasteiger partial charge in [0.25, 0.3) is 0 Å². The van der Waals surface area contributed by atoms with E-state index in [0.717, 1.165) is 0 Å². The number of nitrogens with zero attached hydrogens (tertiary/aromatic N) is 1. The molecule has 0 saturated carbocycles. The molecule has 12 heteroatoms. The summed E-state index contributed by atoms with van der Waals surface area (Å²) in [4.78, 5) is 4.02. The van der Waals surface area contributed by atoms with E-state index in [1.807, 2.05) is 0 Å². The molecule has 176 valence electrons. The zero-order valence-corrected chi connectivity index (χ0v) is 18.5. The first-order valence-electron chi connectivity index (χ1n) is 10.5. The monoisotopic (exact) mass is 468 g/mol. The highest BCUT2D eigenvalue weighted by atomic mass is 14.8. The highest BCUT2D eigenvalue weighted by Gasteiger charge is 2.31. The Bertz CT molecular complexity index is 1970. The van der Waals surface area contributed by atoms with Crippen molar-refractivity contribution in [2.75, 3.05) is 63.1 Å². The fraction of sp³-hybridized carbons (Fsp3) is 0. The molecule has 6 aromatic carbocycles. The highest BCUT2D eigenvalue weighted by molar-refractivity contribution is 6.51. The first-order valence-corrected chi connectivity index (χ1v) is 10.5. The maximum Gasteiger partial charge on any atom is 0.109 e. The fourth-order valence-corrected chi connectivity index (χ4v) is 5.74. The maximum absolute atomic E-state index is 6.75. The van der Waals surface area contributed by atoms with Crippen molar-refractivity contribution in [2.45, 2.75) is 0 Å². The molecule has 0 unspecified atom stereocenters. The Labute approximate surface area is 197 Å². The van der Waals surface area contributed by atoms with Crippen LogP contribution < -0.4 is 63.1 Å². The molecular formula is C23H24N12. The summed E-state index contributed by atoms with van der Waals surface area (Å²) in [5.74, 6) is 0. The molecule has 0 aromatic heterocycles. The molecule has 0 spiro atoms. The van der Waals surface area contributed by atoms with Gasteiger partial charge in [0.15, 0.2) is 0 Å². The van der Waals surface area contributed by atoms with Crippen molar-refractivity contribution in [3.05, 3.63) is 0 Å². The second kappa shape index (κ2) is 5.75. The standard InChI is InChI=1S/C23H24N12/c1-35-23-20(32)9-5-3-2-4-8(12(24)6(3)15(27)17(29)11(5)21(23)33)18(30)22(34)19(31)10(4)16(28)14(26)7(2)13(9)25/h1,24-34H2. The van der Waals surface area contributed by atoms with Crippen LogP contribution in [0.15, 0.2) is 4.99 Å². The first-order chi connectivity index (χ1) is 16.5. The third kappa shape index (κ3) is 1.85. The molecule has 0 amide bonds. The summed E-state index contributed by atoms with van der Waals surface area (Å²) in [7, 11) is 0. The summed E-state index contributed by atoms with van der Waals surface area (Å²) in [5.41, 5.74) is 74.1. The van der Waals surface area contributed by atoms with Gasteiger partial charge in [-0.25, -0.2) is 0 Å². The van der Waals surface area contributed by atoms with E-state index in [4.69, 9.17) is 63.1 Å². The van der Waals surface area contributed by atoms with Crippen LogP contribution in [-0.2, 0) is 0 Å². The highest BCUT2D eigenvalue weighted by Crippen LogP contribution is 2.60. The molecule has 6 aromatic rings. The van der Waals surface area contributed by atoms with Gasteiger partial charge in [-0.3, -0.25) is 4.99 Å². The molecule has 0 aliphatic heterocycles. The van der Waals surface area contributed by atoms with Gasteiger partial charge in [-0.2, -0.15) is 0 Å².